The van der Waals surface area contributed by atoms with Crippen LogP contribution in [-0.2, 0) is 0 Å². The molecule has 4 nitrogen and oxygen atoms in total. The predicted molar refractivity (Wildman–Crippen MR) is 244 cm³/mol. The van der Waals surface area contributed by atoms with Gasteiger partial charge in [0.05, 0.1) is 61.2 Å². The van der Waals surface area contributed by atoms with Gasteiger partial charge in [-0.05, 0) is 72.8 Å². The number of nitrogens with zero attached hydrogens (tertiary/aromatic N) is 4. The summed E-state index contributed by atoms with van der Waals surface area (Å²) >= 11 is 0. The van der Waals surface area contributed by atoms with E-state index in [9.17, 15) is 0 Å². The quantitative estimate of drug-likeness (QED) is 0.171. The summed E-state index contributed by atoms with van der Waals surface area (Å²) in [6, 6.07) is 75.6. The summed E-state index contributed by atoms with van der Waals surface area (Å²) in [5.74, 6) is 0. The number of benzene rings is 9. The van der Waals surface area contributed by atoms with Crippen LogP contribution in [0.25, 0.3) is 110 Å². The number of aromatic nitrogens is 4. The van der Waals surface area contributed by atoms with Crippen molar-refractivity contribution in [3.63, 3.8) is 0 Å². The molecule has 0 atom stereocenters. The van der Waals surface area contributed by atoms with Gasteiger partial charge in [-0.15, -0.1) is 0 Å². The zero-order chi connectivity index (χ0) is 37.9. The van der Waals surface area contributed by atoms with Crippen molar-refractivity contribution in [1.82, 2.24) is 18.3 Å². The number of hydrogen-bond acceptors (Lipinski definition) is 0. The van der Waals surface area contributed by atoms with Crippen LogP contribution < -0.4 is 0 Å². The Morgan fingerprint density at radius 2 is 0.534 bits per heavy atom. The molecule has 0 aliphatic heterocycles. The molecule has 4 heterocycles. The van der Waals surface area contributed by atoms with Gasteiger partial charge >= 0.3 is 0 Å². The van der Waals surface area contributed by atoms with E-state index in [1.807, 2.05) is 0 Å². The van der Waals surface area contributed by atoms with Crippen molar-refractivity contribution >= 4 is 87.2 Å². The average Bonchev–Trinajstić information content (AvgIpc) is 4.01. The topological polar surface area (TPSA) is 19.7 Å². The highest BCUT2D eigenvalue weighted by atomic mass is 15.1. The number of para-hydroxylation sites is 7. The summed E-state index contributed by atoms with van der Waals surface area (Å²) in [5.41, 5.74) is 14.0. The monoisotopic (exact) mass is 738 g/mol. The van der Waals surface area contributed by atoms with E-state index >= 15 is 0 Å². The Morgan fingerprint density at radius 1 is 0.207 bits per heavy atom. The predicted octanol–water partition coefficient (Wildman–Crippen LogP) is 14.1. The summed E-state index contributed by atoms with van der Waals surface area (Å²) in [4.78, 5) is 0. The van der Waals surface area contributed by atoms with Crippen LogP contribution in [0.15, 0.2) is 206 Å². The van der Waals surface area contributed by atoms with Crippen molar-refractivity contribution < 1.29 is 0 Å². The molecule has 270 valence electrons. The zero-order valence-corrected chi connectivity index (χ0v) is 31.4. The highest BCUT2D eigenvalue weighted by Gasteiger charge is 2.23. The minimum absolute atomic E-state index is 1.10. The molecule has 0 amide bonds. The first-order valence-electron chi connectivity index (χ1n) is 20.0. The number of rotatable bonds is 4. The third-order valence-corrected chi connectivity index (χ3v) is 12.3. The Hall–Kier alpha value is -7.82. The van der Waals surface area contributed by atoms with E-state index in [-0.39, 0.29) is 0 Å². The van der Waals surface area contributed by atoms with Crippen molar-refractivity contribution in [2.75, 3.05) is 0 Å². The molecular weight excluding hydrogens is 705 g/mol. The highest BCUT2D eigenvalue weighted by Crippen LogP contribution is 2.43. The van der Waals surface area contributed by atoms with Crippen molar-refractivity contribution in [1.29, 1.82) is 0 Å². The average molecular weight is 739 g/mol. The summed E-state index contributed by atoms with van der Waals surface area (Å²) < 4.78 is 9.85. The number of fused-ring (bicyclic) bond motifs is 13. The van der Waals surface area contributed by atoms with Crippen molar-refractivity contribution in [2.24, 2.45) is 0 Å². The SMILES string of the molecule is c1ccc(-n2c3ccccc3c3ccc4c(c5ccccc5n4-c4cc(-n5c6ccccc6c6ccccc65)cc(-n5c6ccccc6c6ccccc65)c4)c32)cc1. The lowest BCUT2D eigenvalue weighted by Gasteiger charge is -2.17. The van der Waals surface area contributed by atoms with Gasteiger partial charge in [0, 0.05) is 48.8 Å². The summed E-state index contributed by atoms with van der Waals surface area (Å²) in [6.45, 7) is 0. The molecule has 0 aliphatic carbocycles. The first kappa shape index (κ1) is 31.4. The normalized spacial score (nSPS) is 12.1. The van der Waals surface area contributed by atoms with Crippen molar-refractivity contribution in [3.05, 3.63) is 206 Å². The highest BCUT2D eigenvalue weighted by molar-refractivity contribution is 6.26. The second-order valence-electron chi connectivity index (χ2n) is 15.3. The van der Waals surface area contributed by atoms with Crippen LogP contribution >= 0.6 is 0 Å². The Morgan fingerprint density at radius 3 is 0.983 bits per heavy atom. The molecule has 4 aromatic heterocycles. The Balaban J connectivity index is 1.20. The molecule has 0 aliphatic rings. The molecule has 58 heavy (non-hydrogen) atoms. The lowest BCUT2D eigenvalue weighted by atomic mass is 10.1. The van der Waals surface area contributed by atoms with E-state index in [1.54, 1.807) is 0 Å². The zero-order valence-electron chi connectivity index (χ0n) is 31.4. The van der Waals surface area contributed by atoms with Gasteiger partial charge in [0.2, 0.25) is 0 Å². The molecule has 0 fully saturated rings. The fourth-order valence-electron chi connectivity index (χ4n) is 10.0. The van der Waals surface area contributed by atoms with Crippen molar-refractivity contribution in [3.8, 4) is 22.7 Å². The second-order valence-corrected chi connectivity index (χ2v) is 15.3. The smallest absolute Gasteiger partial charge is 0.0641 e. The van der Waals surface area contributed by atoms with E-state index in [4.69, 9.17) is 0 Å². The number of hydrogen-bond donors (Lipinski definition) is 0. The largest absolute Gasteiger partial charge is 0.309 e. The molecule has 0 N–H and O–H groups in total. The Bertz CT molecular complexity index is 3560. The molecule has 0 saturated heterocycles. The summed E-state index contributed by atoms with van der Waals surface area (Å²) in [5, 5.41) is 9.95. The van der Waals surface area contributed by atoms with E-state index in [2.05, 4.69) is 225 Å². The van der Waals surface area contributed by atoms with Crippen LogP contribution in [0.5, 0.6) is 0 Å². The molecule has 4 heteroatoms. The van der Waals surface area contributed by atoms with Gasteiger partial charge in [-0.2, -0.15) is 0 Å². The van der Waals surface area contributed by atoms with Gasteiger partial charge in [0.1, 0.15) is 0 Å². The van der Waals surface area contributed by atoms with Gasteiger partial charge in [-0.25, -0.2) is 0 Å². The molecule has 0 saturated carbocycles. The van der Waals surface area contributed by atoms with E-state index in [0.717, 1.165) is 22.7 Å². The van der Waals surface area contributed by atoms with Gasteiger partial charge in [0.15, 0.2) is 0 Å². The van der Waals surface area contributed by atoms with Gasteiger partial charge in [0.25, 0.3) is 0 Å². The first-order chi connectivity index (χ1) is 28.8. The third kappa shape index (κ3) is 4.23. The van der Waals surface area contributed by atoms with E-state index in [1.165, 1.54) is 87.2 Å². The molecule has 9 aromatic carbocycles. The maximum absolute atomic E-state index is 2.49. The third-order valence-electron chi connectivity index (χ3n) is 12.3. The van der Waals surface area contributed by atoms with Crippen LogP contribution in [0.2, 0.25) is 0 Å². The minimum Gasteiger partial charge on any atom is -0.309 e. The van der Waals surface area contributed by atoms with E-state index in [0.29, 0.717) is 0 Å². The fourth-order valence-corrected chi connectivity index (χ4v) is 10.0. The van der Waals surface area contributed by atoms with Gasteiger partial charge < -0.3 is 18.3 Å². The molecule has 13 rings (SSSR count). The summed E-state index contributed by atoms with van der Waals surface area (Å²) in [6.07, 6.45) is 0. The second kappa shape index (κ2) is 11.8. The molecule has 13 aromatic rings. The maximum Gasteiger partial charge on any atom is 0.0641 e. The van der Waals surface area contributed by atoms with Crippen LogP contribution in [0, 0.1) is 0 Å². The molecule has 0 bridgehead atoms. The Kier molecular flexibility index (Phi) is 6.41. The molecular formula is C54H34N4. The minimum atomic E-state index is 1.10. The summed E-state index contributed by atoms with van der Waals surface area (Å²) in [7, 11) is 0. The molecule has 0 radical (unpaired) electrons. The van der Waals surface area contributed by atoms with Crippen LogP contribution in [0.1, 0.15) is 0 Å². The van der Waals surface area contributed by atoms with Crippen LogP contribution in [0.4, 0.5) is 0 Å². The van der Waals surface area contributed by atoms with Gasteiger partial charge in [-0.3, -0.25) is 0 Å². The van der Waals surface area contributed by atoms with E-state index < -0.39 is 0 Å². The lowest BCUT2D eigenvalue weighted by Crippen LogP contribution is -2.03. The lowest BCUT2D eigenvalue weighted by molar-refractivity contribution is 1.10. The maximum atomic E-state index is 2.49. The van der Waals surface area contributed by atoms with Crippen LogP contribution in [-0.4, -0.2) is 18.3 Å². The molecule has 0 unspecified atom stereocenters. The van der Waals surface area contributed by atoms with Gasteiger partial charge in [-0.1, -0.05) is 133 Å². The Labute approximate surface area is 333 Å². The fraction of sp³-hybridized carbons (Fsp3) is 0. The first-order valence-corrected chi connectivity index (χ1v) is 20.0. The van der Waals surface area contributed by atoms with Crippen molar-refractivity contribution in [2.45, 2.75) is 0 Å². The standard InChI is InChI=1S/C54H34N4/c1-2-16-35(17-3-1)58-50-28-14-8-22-43(50)44-30-31-52-53(54(44)58)45-23-9-15-29-51(45)57(52)38-33-36(55-46-24-10-4-18-39(46)40-19-5-11-25-47(40)55)32-37(34-38)56-48-26-12-6-20-41(48)42-21-7-13-27-49(42)56/h1-34H. The van der Waals surface area contributed by atoms with Crippen LogP contribution in [0.3, 0.4) is 0 Å². The molecule has 0 spiro atoms.